The maximum Gasteiger partial charge on any atom is 0.509 e. The molecule has 8 aliphatic carbocycles. The molecule has 1 aliphatic heterocycles. The van der Waals surface area contributed by atoms with Crippen molar-refractivity contribution >= 4 is 17.7 Å². The van der Waals surface area contributed by atoms with Gasteiger partial charge in [0, 0.05) is 23.7 Å². The molecule has 5 saturated carbocycles. The van der Waals surface area contributed by atoms with Crippen molar-refractivity contribution in [3.63, 3.8) is 0 Å². The summed E-state index contributed by atoms with van der Waals surface area (Å²) in [7, 11) is 0. The molecule has 3 spiro atoms. The van der Waals surface area contributed by atoms with Crippen molar-refractivity contribution in [1.29, 1.82) is 0 Å². The van der Waals surface area contributed by atoms with Crippen molar-refractivity contribution in [1.82, 2.24) is 0 Å². The second-order valence-corrected chi connectivity index (χ2v) is 18.8. The van der Waals surface area contributed by atoms with Crippen LogP contribution in [0.5, 0.6) is 0 Å². The molecule has 9 aliphatic rings. The standard InChI is InChI=1S/C21H28O5.C19H26O4/c1-9-8-20-7-6-12-14(19(12,4)5)13(16(20)23)15(22)10(2)17-21(20,11(9)3)26-18(24)25-17;1-9-7-11-13-12(17(13,3)4)5-6-18(16(11)22)8-10(2)15(21)19(18,23)14(9)20/h8,10-15,17,22H,6-7H2,1-5H3;7-8,11-15,20-21,23H,5-6H2,1-4H3/t10-,11-,12+,13+,14+,15+,17+,20+,21+;11-,12+,13-,14+,15-,18+,19-/m00/s1. The van der Waals surface area contributed by atoms with Crippen LogP contribution < -0.4 is 0 Å². The number of rotatable bonds is 0. The van der Waals surface area contributed by atoms with Crippen molar-refractivity contribution in [2.24, 2.45) is 69.0 Å². The number of carbonyl (C=O) groups excluding carboxylic acids is 3. The zero-order valence-electron chi connectivity index (χ0n) is 30.3. The van der Waals surface area contributed by atoms with E-state index in [4.69, 9.17) is 9.47 Å². The quantitative estimate of drug-likeness (QED) is 0.211. The zero-order chi connectivity index (χ0) is 35.8. The highest BCUT2D eigenvalue weighted by molar-refractivity contribution is 5.95. The Kier molecular flexibility index (Phi) is 6.73. The van der Waals surface area contributed by atoms with Gasteiger partial charge in [0.1, 0.15) is 17.8 Å². The Hall–Kier alpha value is -2.33. The average Bonchev–Trinajstić information content (AvgIpc) is 3.68. The molecular formula is C40H54O9. The van der Waals surface area contributed by atoms with Crippen LogP contribution >= 0.6 is 0 Å². The molecule has 49 heavy (non-hydrogen) atoms. The van der Waals surface area contributed by atoms with Crippen molar-refractivity contribution in [2.45, 2.75) is 124 Å². The molecule has 16 atom stereocenters. The molecule has 1 saturated heterocycles. The second-order valence-electron chi connectivity index (χ2n) is 18.8. The predicted octanol–water partition coefficient (Wildman–Crippen LogP) is 4.70. The lowest BCUT2D eigenvalue weighted by atomic mass is 9.62. The van der Waals surface area contributed by atoms with E-state index in [1.807, 2.05) is 26.8 Å². The summed E-state index contributed by atoms with van der Waals surface area (Å²) in [6.07, 6.45) is 4.06. The van der Waals surface area contributed by atoms with E-state index in [1.165, 1.54) is 0 Å². The van der Waals surface area contributed by atoms with Crippen LogP contribution in [-0.4, -0.2) is 73.8 Å². The normalized spacial score (nSPS) is 55.0. The van der Waals surface area contributed by atoms with Gasteiger partial charge in [-0.15, -0.1) is 0 Å². The fourth-order valence-electron chi connectivity index (χ4n) is 13.4. The SMILES string of the molecule is CC1=C[C@@H]2C(=O)[C@]3(C=C(C)[C@H](O)[C@@]3(O)[C@@H]1O)CC[C@@H]1[C@H]2C1(C)C.CC1=C[C@]23CC[C@@H]4[C@H]([C@@H](C2=O)[C@H](O)[C@H](C)[C@H]2OC(=O)O[C@]23[C@H]1C)C4(C)C. The van der Waals surface area contributed by atoms with E-state index in [0.717, 1.165) is 18.4 Å². The molecule has 9 rings (SSSR count). The van der Waals surface area contributed by atoms with Crippen molar-refractivity contribution in [3.8, 4) is 0 Å². The Morgan fingerprint density at radius 3 is 1.96 bits per heavy atom. The number of Topliss-reactive ketones (excluding diaryl/α,β-unsaturated/α-hetero) is 2. The Morgan fingerprint density at radius 2 is 1.31 bits per heavy atom. The third kappa shape index (κ3) is 3.64. The predicted molar refractivity (Wildman–Crippen MR) is 179 cm³/mol. The molecule has 0 aromatic rings. The number of hydrogen-bond acceptors (Lipinski definition) is 9. The first-order chi connectivity index (χ1) is 22.7. The molecule has 4 N–H and O–H groups in total. The second kappa shape index (κ2) is 9.75. The molecule has 0 unspecified atom stereocenters. The maximum absolute atomic E-state index is 14.0. The third-order valence-corrected chi connectivity index (χ3v) is 16.3. The molecule has 6 fully saturated rings. The van der Waals surface area contributed by atoms with E-state index >= 15 is 0 Å². The fraction of sp³-hybridized carbons (Fsp3) is 0.775. The van der Waals surface area contributed by atoms with Gasteiger partial charge in [-0.25, -0.2) is 4.79 Å². The van der Waals surface area contributed by atoms with E-state index in [0.29, 0.717) is 35.8 Å². The summed E-state index contributed by atoms with van der Waals surface area (Å²) in [6, 6.07) is 0. The van der Waals surface area contributed by atoms with Gasteiger partial charge in [-0.2, -0.15) is 0 Å². The minimum atomic E-state index is -1.84. The number of allylic oxidation sites excluding steroid dienone is 1. The Morgan fingerprint density at radius 1 is 0.755 bits per heavy atom. The van der Waals surface area contributed by atoms with Crippen LogP contribution in [0.15, 0.2) is 34.9 Å². The molecule has 1 heterocycles. The highest BCUT2D eigenvalue weighted by atomic mass is 16.8. The molecule has 0 amide bonds. The van der Waals surface area contributed by atoms with E-state index in [9.17, 15) is 34.8 Å². The average molecular weight is 679 g/mol. The number of aliphatic hydroxyl groups is 4. The van der Waals surface area contributed by atoms with E-state index in [2.05, 4.69) is 33.8 Å². The number of ketones is 2. The zero-order valence-corrected chi connectivity index (χ0v) is 30.3. The topological polar surface area (TPSA) is 151 Å². The maximum atomic E-state index is 14.0. The van der Waals surface area contributed by atoms with Gasteiger partial charge in [-0.3, -0.25) is 9.59 Å². The first kappa shape index (κ1) is 33.8. The highest BCUT2D eigenvalue weighted by Gasteiger charge is 2.80. The molecule has 9 nitrogen and oxygen atoms in total. The van der Waals surface area contributed by atoms with Crippen LogP contribution in [0.25, 0.3) is 0 Å². The number of ether oxygens (including phenoxy) is 2. The van der Waals surface area contributed by atoms with E-state index in [-0.39, 0.29) is 52.0 Å². The summed E-state index contributed by atoms with van der Waals surface area (Å²) in [5, 5.41) is 44.0. The monoisotopic (exact) mass is 678 g/mol. The summed E-state index contributed by atoms with van der Waals surface area (Å²) < 4.78 is 11.6. The van der Waals surface area contributed by atoms with Gasteiger partial charge < -0.3 is 29.9 Å². The molecule has 4 bridgehead atoms. The van der Waals surface area contributed by atoms with Crippen LogP contribution in [-0.2, 0) is 19.1 Å². The smallest absolute Gasteiger partial charge is 0.426 e. The number of fused-ring (bicyclic) bond motifs is 6. The van der Waals surface area contributed by atoms with Crippen molar-refractivity contribution < 1.29 is 44.3 Å². The van der Waals surface area contributed by atoms with Crippen LogP contribution in [0.1, 0.15) is 88.0 Å². The first-order valence-corrected chi connectivity index (χ1v) is 18.5. The molecule has 0 aromatic carbocycles. The Bertz CT molecular complexity index is 1650. The third-order valence-electron chi connectivity index (χ3n) is 16.3. The summed E-state index contributed by atoms with van der Waals surface area (Å²) in [5.74, 6) is 0.285. The Balaban J connectivity index is 0.000000143. The van der Waals surface area contributed by atoms with Crippen molar-refractivity contribution in [2.75, 3.05) is 0 Å². The number of carbonyl (C=O) groups is 3. The minimum absolute atomic E-state index is 0.0233. The summed E-state index contributed by atoms with van der Waals surface area (Å²) in [5.41, 5.74) is -2.42. The lowest BCUT2D eigenvalue weighted by molar-refractivity contribution is -0.180. The largest absolute Gasteiger partial charge is 0.509 e. The Labute approximate surface area is 289 Å². The fourth-order valence-corrected chi connectivity index (χ4v) is 13.4. The lowest BCUT2D eigenvalue weighted by Crippen LogP contribution is -2.62. The van der Waals surface area contributed by atoms with Gasteiger partial charge in [0.25, 0.3) is 0 Å². The van der Waals surface area contributed by atoms with Gasteiger partial charge in [0.2, 0.25) is 0 Å². The molecule has 0 radical (unpaired) electrons. The van der Waals surface area contributed by atoms with Gasteiger partial charge in [-0.1, -0.05) is 65.3 Å². The first-order valence-electron chi connectivity index (χ1n) is 18.5. The summed E-state index contributed by atoms with van der Waals surface area (Å²) in [4.78, 5) is 39.7. The molecule has 9 heteroatoms. The van der Waals surface area contributed by atoms with Gasteiger partial charge in [0.15, 0.2) is 23.3 Å². The van der Waals surface area contributed by atoms with Crippen LogP contribution in [0.2, 0.25) is 0 Å². The lowest BCUT2D eigenvalue weighted by Gasteiger charge is -2.45. The summed E-state index contributed by atoms with van der Waals surface area (Å²) in [6.45, 7) is 18.3. The van der Waals surface area contributed by atoms with Gasteiger partial charge >= 0.3 is 6.16 Å². The molecule has 0 aromatic heterocycles. The van der Waals surface area contributed by atoms with Crippen LogP contribution in [0.4, 0.5) is 4.79 Å². The highest BCUT2D eigenvalue weighted by Crippen LogP contribution is 2.73. The van der Waals surface area contributed by atoms with Gasteiger partial charge in [-0.05, 0) is 92.1 Å². The minimum Gasteiger partial charge on any atom is -0.426 e. The van der Waals surface area contributed by atoms with E-state index in [1.54, 1.807) is 19.9 Å². The van der Waals surface area contributed by atoms with Crippen LogP contribution in [0, 0.1) is 69.0 Å². The number of hydrogen-bond donors (Lipinski definition) is 4. The number of aliphatic hydroxyl groups excluding tert-OH is 3. The van der Waals surface area contributed by atoms with E-state index < -0.39 is 58.5 Å². The van der Waals surface area contributed by atoms with Crippen LogP contribution in [0.3, 0.4) is 0 Å². The summed E-state index contributed by atoms with van der Waals surface area (Å²) >= 11 is 0. The molecular weight excluding hydrogens is 624 g/mol. The van der Waals surface area contributed by atoms with Gasteiger partial charge in [0.05, 0.1) is 16.9 Å². The van der Waals surface area contributed by atoms with Crippen molar-refractivity contribution in [3.05, 3.63) is 34.9 Å². The molecule has 268 valence electrons.